The molecule has 6 nitrogen and oxygen atoms in total. The zero-order chi connectivity index (χ0) is 28.5. The number of nitrogens with zero attached hydrogens (tertiary/aromatic N) is 2. The van der Waals surface area contributed by atoms with Crippen molar-refractivity contribution in [2.24, 2.45) is 0 Å². The molecule has 0 bridgehead atoms. The number of benzene rings is 4. The number of aromatic nitrogens is 2. The molecular formula is C33H23F2N3O3. The highest BCUT2D eigenvalue weighted by Crippen LogP contribution is 2.30. The van der Waals surface area contributed by atoms with Gasteiger partial charge in [0.2, 0.25) is 0 Å². The number of halogens is 2. The molecule has 1 amide bonds. The number of carbonyl (C=O) groups is 2. The summed E-state index contributed by atoms with van der Waals surface area (Å²) in [6, 6.07) is 25.2. The number of amides is 1. The normalized spacial score (nSPS) is 11.2. The second kappa shape index (κ2) is 10.7. The molecule has 0 aliphatic carbocycles. The van der Waals surface area contributed by atoms with Gasteiger partial charge in [-0.3, -0.25) is 9.78 Å². The first-order valence-electron chi connectivity index (χ1n) is 12.9. The second-order valence-corrected chi connectivity index (χ2v) is 9.75. The summed E-state index contributed by atoms with van der Waals surface area (Å²) in [6.07, 6.45) is 3.64. The van der Waals surface area contributed by atoms with Gasteiger partial charge < -0.3 is 15.0 Å². The minimum absolute atomic E-state index is 0.155. The van der Waals surface area contributed by atoms with Crippen molar-refractivity contribution in [2.75, 3.05) is 0 Å². The van der Waals surface area contributed by atoms with Gasteiger partial charge in [-0.25, -0.2) is 13.6 Å². The van der Waals surface area contributed by atoms with E-state index in [1.807, 2.05) is 53.2 Å². The van der Waals surface area contributed by atoms with Crippen LogP contribution in [0.3, 0.4) is 0 Å². The quantitative estimate of drug-likeness (QED) is 0.230. The van der Waals surface area contributed by atoms with E-state index in [2.05, 4.69) is 10.3 Å². The number of carboxylic acids is 1. The lowest BCUT2D eigenvalue weighted by atomic mass is 9.99. The number of hydrogen-bond donors (Lipinski definition) is 2. The summed E-state index contributed by atoms with van der Waals surface area (Å²) in [5.41, 5.74) is 4.83. The van der Waals surface area contributed by atoms with E-state index in [1.54, 1.807) is 24.4 Å². The fourth-order valence-corrected chi connectivity index (χ4v) is 4.95. The summed E-state index contributed by atoms with van der Waals surface area (Å²) >= 11 is 0. The molecule has 0 atom stereocenters. The molecule has 0 unspecified atom stereocenters. The SMILES string of the molecule is O=C(O)c1ccc(CNC(=O)c2cc(-c3ccc(F)c(F)c3)cc3ccn(Cc4ccc5cccnc5c4)c23)cc1. The molecule has 0 fully saturated rings. The molecule has 4 aromatic carbocycles. The van der Waals surface area contributed by atoms with Gasteiger partial charge >= 0.3 is 5.97 Å². The minimum atomic E-state index is -1.03. The lowest BCUT2D eigenvalue weighted by Crippen LogP contribution is -2.23. The van der Waals surface area contributed by atoms with Gasteiger partial charge in [0, 0.05) is 36.3 Å². The molecule has 2 N–H and O–H groups in total. The van der Waals surface area contributed by atoms with E-state index in [0.717, 1.165) is 39.5 Å². The maximum atomic E-state index is 14.1. The Morgan fingerprint density at radius 3 is 2.39 bits per heavy atom. The fraction of sp³-hybridized carbons (Fsp3) is 0.0606. The van der Waals surface area contributed by atoms with Crippen LogP contribution in [0.2, 0.25) is 0 Å². The predicted molar refractivity (Wildman–Crippen MR) is 153 cm³/mol. The standard InChI is InChI=1S/C33H23F2N3O3/c34-28-10-9-24(17-29(28)35)26-15-25-11-13-38(19-21-5-6-22-2-1-12-36-30(22)14-21)31(25)27(16-26)32(39)37-18-20-3-7-23(8-4-20)33(40)41/h1-17H,18-19H2,(H,37,39)(H,40,41). The molecule has 8 heteroatoms. The van der Waals surface area contributed by atoms with Crippen LogP contribution in [0, 0.1) is 11.6 Å². The lowest BCUT2D eigenvalue weighted by Gasteiger charge is -2.14. The third kappa shape index (κ3) is 5.27. The second-order valence-electron chi connectivity index (χ2n) is 9.75. The van der Waals surface area contributed by atoms with Gasteiger partial charge in [0.1, 0.15) is 0 Å². The highest BCUT2D eigenvalue weighted by Gasteiger charge is 2.18. The zero-order valence-corrected chi connectivity index (χ0v) is 21.6. The van der Waals surface area contributed by atoms with Gasteiger partial charge in [-0.05, 0) is 76.9 Å². The molecule has 0 spiro atoms. The van der Waals surface area contributed by atoms with E-state index in [1.165, 1.54) is 18.2 Å². The highest BCUT2D eigenvalue weighted by atomic mass is 19.2. The average molecular weight is 548 g/mol. The first kappa shape index (κ1) is 25.9. The van der Waals surface area contributed by atoms with Crippen molar-refractivity contribution in [3.63, 3.8) is 0 Å². The monoisotopic (exact) mass is 547 g/mol. The van der Waals surface area contributed by atoms with Crippen LogP contribution in [0.4, 0.5) is 8.78 Å². The van der Waals surface area contributed by atoms with Crippen LogP contribution in [0.5, 0.6) is 0 Å². The fourth-order valence-electron chi connectivity index (χ4n) is 4.95. The number of carbonyl (C=O) groups excluding carboxylic acids is 1. The van der Waals surface area contributed by atoms with E-state index in [0.29, 0.717) is 28.8 Å². The summed E-state index contributed by atoms with van der Waals surface area (Å²) in [6.45, 7) is 0.657. The minimum Gasteiger partial charge on any atom is -0.478 e. The molecule has 202 valence electrons. The molecule has 2 heterocycles. The van der Waals surface area contributed by atoms with E-state index in [9.17, 15) is 18.4 Å². The topological polar surface area (TPSA) is 84.2 Å². The number of pyridine rings is 1. The third-order valence-corrected chi connectivity index (χ3v) is 7.04. The number of fused-ring (bicyclic) bond motifs is 2. The van der Waals surface area contributed by atoms with Crippen LogP contribution in [0.1, 0.15) is 31.8 Å². The predicted octanol–water partition coefficient (Wildman–Crippen LogP) is 6.81. The smallest absolute Gasteiger partial charge is 0.335 e. The molecule has 0 saturated heterocycles. The van der Waals surface area contributed by atoms with Gasteiger partial charge in [-0.15, -0.1) is 0 Å². The van der Waals surface area contributed by atoms with Crippen molar-refractivity contribution in [3.8, 4) is 11.1 Å². The third-order valence-electron chi connectivity index (χ3n) is 7.04. The summed E-state index contributed by atoms with van der Waals surface area (Å²) in [4.78, 5) is 29.2. The summed E-state index contributed by atoms with van der Waals surface area (Å²) in [5, 5.41) is 13.9. The Labute approximate surface area is 233 Å². The van der Waals surface area contributed by atoms with Crippen molar-refractivity contribution in [2.45, 2.75) is 13.1 Å². The molecule has 6 rings (SSSR count). The maximum Gasteiger partial charge on any atom is 0.335 e. The molecule has 0 radical (unpaired) electrons. The Morgan fingerprint density at radius 2 is 1.61 bits per heavy atom. The molecule has 0 saturated carbocycles. The van der Waals surface area contributed by atoms with Crippen LogP contribution >= 0.6 is 0 Å². The molecule has 0 aliphatic rings. The van der Waals surface area contributed by atoms with Gasteiger partial charge in [0.15, 0.2) is 11.6 Å². The van der Waals surface area contributed by atoms with Crippen molar-refractivity contribution < 1.29 is 23.5 Å². The van der Waals surface area contributed by atoms with E-state index in [-0.39, 0.29) is 18.0 Å². The van der Waals surface area contributed by atoms with Crippen LogP contribution in [-0.4, -0.2) is 26.5 Å². The molecular weight excluding hydrogens is 524 g/mol. The number of aromatic carboxylic acids is 1. The maximum absolute atomic E-state index is 14.1. The molecule has 6 aromatic rings. The number of rotatable bonds is 7. The Hall–Kier alpha value is -5.37. The van der Waals surface area contributed by atoms with Gasteiger partial charge in [0.05, 0.1) is 22.2 Å². The lowest BCUT2D eigenvalue weighted by molar-refractivity contribution is 0.0696. The number of carboxylic acid groups (broad SMARTS) is 1. The average Bonchev–Trinajstić information content (AvgIpc) is 3.39. The van der Waals surface area contributed by atoms with Crippen molar-refractivity contribution in [1.82, 2.24) is 14.9 Å². The highest BCUT2D eigenvalue weighted by molar-refractivity contribution is 6.08. The summed E-state index contributed by atoms with van der Waals surface area (Å²) in [5.74, 6) is -3.31. The van der Waals surface area contributed by atoms with Crippen LogP contribution in [0.25, 0.3) is 32.9 Å². The zero-order valence-electron chi connectivity index (χ0n) is 21.6. The van der Waals surface area contributed by atoms with Crippen molar-refractivity contribution >= 4 is 33.7 Å². The van der Waals surface area contributed by atoms with Crippen molar-refractivity contribution in [1.29, 1.82) is 0 Å². The Kier molecular flexibility index (Phi) is 6.73. The first-order valence-corrected chi connectivity index (χ1v) is 12.9. The van der Waals surface area contributed by atoms with E-state index in [4.69, 9.17) is 5.11 Å². The van der Waals surface area contributed by atoms with Gasteiger partial charge in [-0.2, -0.15) is 0 Å². The number of hydrogen-bond acceptors (Lipinski definition) is 3. The first-order chi connectivity index (χ1) is 19.9. The summed E-state index contributed by atoms with van der Waals surface area (Å²) < 4.78 is 29.7. The van der Waals surface area contributed by atoms with Crippen LogP contribution < -0.4 is 5.32 Å². The van der Waals surface area contributed by atoms with Gasteiger partial charge in [0.25, 0.3) is 5.91 Å². The number of nitrogens with one attached hydrogen (secondary N) is 1. The Bertz CT molecular complexity index is 1950. The Morgan fingerprint density at radius 1 is 0.805 bits per heavy atom. The molecule has 0 aliphatic heterocycles. The van der Waals surface area contributed by atoms with Gasteiger partial charge in [-0.1, -0.05) is 36.4 Å². The Balaban J connectivity index is 1.38. The van der Waals surface area contributed by atoms with Crippen LogP contribution in [0.15, 0.2) is 103 Å². The molecule has 2 aromatic heterocycles. The summed E-state index contributed by atoms with van der Waals surface area (Å²) in [7, 11) is 0. The van der Waals surface area contributed by atoms with Crippen molar-refractivity contribution in [3.05, 3.63) is 137 Å². The van der Waals surface area contributed by atoms with E-state index < -0.39 is 17.6 Å². The van der Waals surface area contributed by atoms with Crippen LogP contribution in [-0.2, 0) is 13.1 Å². The molecule has 41 heavy (non-hydrogen) atoms. The van der Waals surface area contributed by atoms with E-state index >= 15 is 0 Å². The largest absolute Gasteiger partial charge is 0.478 e.